The van der Waals surface area contributed by atoms with Crippen molar-refractivity contribution in [2.75, 3.05) is 19.5 Å². The van der Waals surface area contributed by atoms with Crippen LogP contribution >= 0.6 is 39.1 Å². The second-order valence-corrected chi connectivity index (χ2v) is 9.01. The normalized spacial score (nSPS) is 10.7. The lowest BCUT2D eigenvalue weighted by molar-refractivity contribution is -0.126. The molecule has 0 aromatic heterocycles. The summed E-state index contributed by atoms with van der Waals surface area (Å²) >= 11 is 15.6. The molecule has 0 spiro atoms. The monoisotopic (exact) mass is 593 g/mol. The van der Waals surface area contributed by atoms with Crippen LogP contribution in [0, 0.1) is 0 Å². The summed E-state index contributed by atoms with van der Waals surface area (Å²) in [5, 5.41) is 7.58. The maximum absolute atomic E-state index is 12.1. The van der Waals surface area contributed by atoms with Crippen LogP contribution in [0.3, 0.4) is 0 Å². The summed E-state index contributed by atoms with van der Waals surface area (Å²) < 4.78 is 17.1. The molecule has 0 aliphatic rings. The van der Waals surface area contributed by atoms with E-state index in [4.69, 9.17) is 37.4 Å². The third kappa shape index (κ3) is 7.87. The zero-order valence-electron chi connectivity index (χ0n) is 19.3. The Morgan fingerprint density at radius 3 is 2.56 bits per heavy atom. The third-order valence-corrected chi connectivity index (χ3v) is 5.89. The summed E-state index contributed by atoms with van der Waals surface area (Å²) in [4.78, 5) is 24.2. The minimum Gasteiger partial charge on any atom is -0.497 e. The van der Waals surface area contributed by atoms with E-state index in [2.05, 4.69) is 31.8 Å². The van der Waals surface area contributed by atoms with Gasteiger partial charge in [0.2, 0.25) is 11.8 Å². The van der Waals surface area contributed by atoms with E-state index >= 15 is 0 Å². The number of benzene rings is 3. The zero-order chi connectivity index (χ0) is 26.1. The first-order valence-electron chi connectivity index (χ1n) is 10.5. The van der Waals surface area contributed by atoms with Crippen LogP contribution in [0.15, 0.2) is 64.2 Å². The van der Waals surface area contributed by atoms with Gasteiger partial charge in [-0.25, -0.2) is 5.43 Å². The summed E-state index contributed by atoms with van der Waals surface area (Å²) in [5.41, 5.74) is 4.24. The highest BCUT2D eigenvalue weighted by molar-refractivity contribution is 9.10. The van der Waals surface area contributed by atoms with Crippen LogP contribution < -0.4 is 25.0 Å². The Morgan fingerprint density at radius 1 is 1.03 bits per heavy atom. The fourth-order valence-electron chi connectivity index (χ4n) is 3.01. The first-order valence-corrected chi connectivity index (χ1v) is 12.0. The number of methoxy groups -OCH3 is 2. The molecule has 3 aromatic carbocycles. The van der Waals surface area contributed by atoms with E-state index in [1.807, 2.05) is 0 Å². The lowest BCUT2D eigenvalue weighted by Gasteiger charge is -2.14. The fraction of sp³-hybridized carbons (Fsp3) is 0.160. The number of nitrogens with zero attached hydrogens (tertiary/aromatic N) is 1. The summed E-state index contributed by atoms with van der Waals surface area (Å²) in [5.74, 6) is 0.451. The molecular weight excluding hydrogens is 573 g/mol. The SMILES string of the molecule is COc1cccc(NC(=O)CC(=O)NN=Cc2cc(Br)c(OCc3ccc(Cl)cc3Cl)c(OC)c2)c1. The molecule has 2 amide bonds. The molecule has 11 heteroatoms. The van der Waals surface area contributed by atoms with E-state index in [9.17, 15) is 9.59 Å². The van der Waals surface area contributed by atoms with Gasteiger partial charge in [0, 0.05) is 27.4 Å². The number of rotatable bonds is 10. The molecule has 36 heavy (non-hydrogen) atoms. The molecule has 0 bridgehead atoms. The van der Waals surface area contributed by atoms with Crippen LogP contribution in [0.5, 0.6) is 17.2 Å². The second-order valence-electron chi connectivity index (χ2n) is 7.31. The quantitative estimate of drug-likeness (QED) is 0.175. The number of ether oxygens (including phenoxy) is 3. The van der Waals surface area contributed by atoms with E-state index in [1.165, 1.54) is 20.4 Å². The Morgan fingerprint density at radius 2 is 1.83 bits per heavy atom. The number of hydrogen-bond donors (Lipinski definition) is 2. The molecule has 8 nitrogen and oxygen atoms in total. The average Bonchev–Trinajstić information content (AvgIpc) is 2.84. The van der Waals surface area contributed by atoms with E-state index in [-0.39, 0.29) is 6.61 Å². The van der Waals surface area contributed by atoms with Gasteiger partial charge >= 0.3 is 0 Å². The predicted molar refractivity (Wildman–Crippen MR) is 143 cm³/mol. The van der Waals surface area contributed by atoms with Crippen LogP contribution in [-0.2, 0) is 16.2 Å². The molecule has 0 aliphatic heterocycles. The smallest absolute Gasteiger partial charge is 0.249 e. The number of halogens is 3. The molecule has 0 radical (unpaired) electrons. The maximum Gasteiger partial charge on any atom is 0.249 e. The second kappa shape index (κ2) is 13.2. The number of nitrogens with one attached hydrogen (secondary N) is 2. The van der Waals surface area contributed by atoms with Gasteiger partial charge in [0.1, 0.15) is 18.8 Å². The highest BCUT2D eigenvalue weighted by atomic mass is 79.9. The van der Waals surface area contributed by atoms with Gasteiger partial charge in [-0.05, 0) is 57.9 Å². The first kappa shape index (κ1) is 27.3. The average molecular weight is 595 g/mol. The number of carbonyl (C=O) groups excluding carboxylic acids is 2. The fourth-order valence-corrected chi connectivity index (χ4v) is 4.05. The van der Waals surface area contributed by atoms with Crippen molar-refractivity contribution in [3.63, 3.8) is 0 Å². The third-order valence-electron chi connectivity index (χ3n) is 4.72. The molecular formula is C25H22BrCl2N3O5. The van der Waals surface area contributed by atoms with Crippen LogP contribution in [-0.4, -0.2) is 32.2 Å². The van der Waals surface area contributed by atoms with Crippen LogP contribution in [0.1, 0.15) is 17.5 Å². The van der Waals surface area contributed by atoms with Crippen molar-refractivity contribution in [2.45, 2.75) is 13.0 Å². The zero-order valence-corrected chi connectivity index (χ0v) is 22.4. The van der Waals surface area contributed by atoms with Crippen molar-refractivity contribution < 1.29 is 23.8 Å². The molecule has 0 saturated heterocycles. The van der Waals surface area contributed by atoms with Gasteiger partial charge in [-0.1, -0.05) is 35.3 Å². The number of anilines is 1. The van der Waals surface area contributed by atoms with Gasteiger partial charge in [-0.3, -0.25) is 9.59 Å². The van der Waals surface area contributed by atoms with Crippen molar-refractivity contribution in [3.05, 3.63) is 80.2 Å². The standard InChI is InChI=1S/C25H22BrCl2N3O5/c1-34-19-5-3-4-18(11-19)30-23(32)12-24(33)31-29-13-15-8-20(26)25(22(9-15)35-2)36-14-16-6-7-17(27)10-21(16)28/h3-11,13H,12,14H2,1-2H3,(H,30,32)(H,31,33). The van der Waals surface area contributed by atoms with Gasteiger partial charge in [-0.15, -0.1) is 0 Å². The molecule has 0 atom stereocenters. The van der Waals surface area contributed by atoms with E-state index in [0.29, 0.717) is 43.0 Å². The Kier molecular flexibility index (Phi) is 9.98. The topological polar surface area (TPSA) is 98.2 Å². The first-order chi connectivity index (χ1) is 17.3. The number of hydrogen-bond acceptors (Lipinski definition) is 6. The molecule has 0 fully saturated rings. The van der Waals surface area contributed by atoms with Gasteiger partial charge in [0.05, 0.1) is 24.9 Å². The van der Waals surface area contributed by atoms with E-state index < -0.39 is 18.2 Å². The Balaban J connectivity index is 1.57. The van der Waals surface area contributed by atoms with Crippen LogP contribution in [0.4, 0.5) is 5.69 Å². The molecule has 188 valence electrons. The Bertz CT molecular complexity index is 1290. The summed E-state index contributed by atoms with van der Waals surface area (Å²) in [6.07, 6.45) is 1.02. The largest absolute Gasteiger partial charge is 0.497 e. The van der Waals surface area contributed by atoms with Crippen molar-refractivity contribution in [2.24, 2.45) is 5.10 Å². The summed E-state index contributed by atoms with van der Waals surface area (Å²) in [6, 6.07) is 15.4. The minimum absolute atomic E-state index is 0.201. The lowest BCUT2D eigenvalue weighted by Crippen LogP contribution is -2.24. The predicted octanol–water partition coefficient (Wildman–Crippen LogP) is 5.83. The van der Waals surface area contributed by atoms with E-state index in [0.717, 1.165) is 5.56 Å². The molecule has 3 rings (SSSR count). The van der Waals surface area contributed by atoms with Gasteiger partial charge in [-0.2, -0.15) is 5.10 Å². The number of amides is 2. The minimum atomic E-state index is -0.572. The highest BCUT2D eigenvalue weighted by Crippen LogP contribution is 2.37. The molecule has 0 aliphatic carbocycles. The maximum atomic E-state index is 12.1. The number of carbonyl (C=O) groups is 2. The summed E-state index contributed by atoms with van der Waals surface area (Å²) in [7, 11) is 3.03. The molecule has 0 saturated carbocycles. The molecule has 0 unspecified atom stereocenters. The molecule has 2 N–H and O–H groups in total. The Hall–Kier alpha value is -3.27. The van der Waals surface area contributed by atoms with Crippen LogP contribution in [0.2, 0.25) is 10.0 Å². The Labute approximate surface area is 226 Å². The number of hydrazone groups is 1. The van der Waals surface area contributed by atoms with Gasteiger partial charge in [0.15, 0.2) is 11.5 Å². The van der Waals surface area contributed by atoms with E-state index in [1.54, 1.807) is 54.6 Å². The van der Waals surface area contributed by atoms with Crippen molar-refractivity contribution >= 4 is 62.8 Å². The highest BCUT2D eigenvalue weighted by Gasteiger charge is 2.13. The van der Waals surface area contributed by atoms with Gasteiger partial charge < -0.3 is 19.5 Å². The van der Waals surface area contributed by atoms with Crippen molar-refractivity contribution in [1.29, 1.82) is 0 Å². The summed E-state index contributed by atoms with van der Waals surface area (Å²) in [6.45, 7) is 0.201. The molecule has 0 heterocycles. The van der Waals surface area contributed by atoms with Crippen LogP contribution in [0.25, 0.3) is 0 Å². The van der Waals surface area contributed by atoms with Crippen molar-refractivity contribution in [3.8, 4) is 17.2 Å². The molecule has 3 aromatic rings. The van der Waals surface area contributed by atoms with Gasteiger partial charge in [0.25, 0.3) is 0 Å². The lowest BCUT2D eigenvalue weighted by atomic mass is 10.2. The van der Waals surface area contributed by atoms with Crippen molar-refractivity contribution in [1.82, 2.24) is 5.43 Å².